The maximum atomic E-state index is 11.8. The van der Waals surface area contributed by atoms with Crippen molar-refractivity contribution >= 4 is 11.7 Å². The molecule has 0 heterocycles. The topological polar surface area (TPSA) is 50.8 Å². The lowest BCUT2D eigenvalue weighted by Crippen LogP contribution is -2.48. The molecule has 0 bridgehead atoms. The molecule has 0 radical (unpaired) electrons. The molecular formula is C16H26N2O3. The van der Waals surface area contributed by atoms with Crippen molar-refractivity contribution in [2.75, 3.05) is 39.8 Å². The molecule has 0 fully saturated rings. The van der Waals surface area contributed by atoms with E-state index in [1.165, 1.54) is 7.11 Å². The van der Waals surface area contributed by atoms with E-state index in [0.29, 0.717) is 0 Å². The van der Waals surface area contributed by atoms with E-state index in [9.17, 15) is 4.79 Å². The molecule has 0 aliphatic carbocycles. The van der Waals surface area contributed by atoms with Gasteiger partial charge < -0.3 is 19.7 Å². The normalized spacial score (nSPS) is 13.4. The predicted molar refractivity (Wildman–Crippen MR) is 85.0 cm³/mol. The monoisotopic (exact) mass is 294 g/mol. The van der Waals surface area contributed by atoms with Crippen molar-refractivity contribution in [3.05, 3.63) is 24.3 Å². The molecule has 5 heteroatoms. The van der Waals surface area contributed by atoms with E-state index in [4.69, 9.17) is 9.47 Å². The average molecular weight is 294 g/mol. The predicted octanol–water partition coefficient (Wildman–Crippen LogP) is 2.06. The third-order valence-electron chi connectivity index (χ3n) is 3.87. The Morgan fingerprint density at radius 2 is 1.90 bits per heavy atom. The Balaban J connectivity index is 2.52. The van der Waals surface area contributed by atoms with Crippen LogP contribution in [0, 0.1) is 0 Å². The molecule has 118 valence electrons. The highest BCUT2D eigenvalue weighted by molar-refractivity contribution is 5.80. The summed E-state index contributed by atoms with van der Waals surface area (Å²) >= 11 is 0. The van der Waals surface area contributed by atoms with E-state index in [2.05, 4.69) is 10.2 Å². The Bertz CT molecular complexity index is 447. The molecule has 0 aliphatic rings. The molecule has 0 saturated heterocycles. The fourth-order valence-electron chi connectivity index (χ4n) is 2.19. The van der Waals surface area contributed by atoms with E-state index < -0.39 is 5.54 Å². The summed E-state index contributed by atoms with van der Waals surface area (Å²) in [7, 11) is 6.90. The average Bonchev–Trinajstić information content (AvgIpc) is 2.53. The Morgan fingerprint density at radius 3 is 2.38 bits per heavy atom. The van der Waals surface area contributed by atoms with Gasteiger partial charge in [0, 0.05) is 19.3 Å². The molecule has 0 aliphatic heterocycles. The highest BCUT2D eigenvalue weighted by Gasteiger charge is 2.31. The van der Waals surface area contributed by atoms with Gasteiger partial charge in [0.2, 0.25) is 0 Å². The molecule has 1 N–H and O–H groups in total. The van der Waals surface area contributed by atoms with Gasteiger partial charge in [-0.2, -0.15) is 0 Å². The zero-order valence-electron chi connectivity index (χ0n) is 13.6. The number of carbonyl (C=O) groups excluding carboxylic acids is 1. The third-order valence-corrected chi connectivity index (χ3v) is 3.87. The van der Waals surface area contributed by atoms with E-state index in [0.717, 1.165) is 30.8 Å². The van der Waals surface area contributed by atoms with Gasteiger partial charge in [-0.3, -0.25) is 4.79 Å². The van der Waals surface area contributed by atoms with Crippen molar-refractivity contribution in [2.24, 2.45) is 0 Å². The van der Waals surface area contributed by atoms with E-state index in [-0.39, 0.29) is 5.97 Å². The number of likely N-dealkylation sites (N-methyl/N-ethyl adjacent to an activating group) is 1. The highest BCUT2D eigenvalue weighted by atomic mass is 16.5. The molecule has 1 aromatic carbocycles. The second kappa shape index (κ2) is 7.88. The number of benzene rings is 1. The van der Waals surface area contributed by atoms with Crippen molar-refractivity contribution in [1.29, 1.82) is 0 Å². The standard InChI is InChI=1S/C16H26N2O3/c1-16(17-2,15(19)21-5)11-6-12-18(3)13-7-9-14(20-4)10-8-13/h7-10,17H,6,11-12H2,1-5H3. The molecule has 5 nitrogen and oxygen atoms in total. The summed E-state index contributed by atoms with van der Waals surface area (Å²) in [4.78, 5) is 13.9. The smallest absolute Gasteiger partial charge is 0.325 e. The number of rotatable bonds is 8. The maximum Gasteiger partial charge on any atom is 0.325 e. The number of nitrogens with zero attached hydrogens (tertiary/aromatic N) is 1. The minimum atomic E-state index is -0.629. The van der Waals surface area contributed by atoms with Gasteiger partial charge >= 0.3 is 5.97 Å². The van der Waals surface area contributed by atoms with Crippen molar-refractivity contribution in [3.8, 4) is 5.75 Å². The number of methoxy groups -OCH3 is 2. The van der Waals surface area contributed by atoms with Gasteiger partial charge in [-0.15, -0.1) is 0 Å². The van der Waals surface area contributed by atoms with Crippen LogP contribution >= 0.6 is 0 Å². The molecule has 21 heavy (non-hydrogen) atoms. The molecule has 1 unspecified atom stereocenters. The van der Waals surface area contributed by atoms with Crippen LogP contribution in [-0.2, 0) is 9.53 Å². The van der Waals surface area contributed by atoms with Crippen LogP contribution in [0.1, 0.15) is 19.8 Å². The number of carbonyl (C=O) groups is 1. The van der Waals surface area contributed by atoms with Gasteiger partial charge in [-0.05, 0) is 51.1 Å². The Kier molecular flexibility index (Phi) is 6.49. The molecular weight excluding hydrogens is 268 g/mol. The van der Waals surface area contributed by atoms with Gasteiger partial charge in [-0.1, -0.05) is 0 Å². The third kappa shape index (κ3) is 4.63. The van der Waals surface area contributed by atoms with Crippen LogP contribution < -0.4 is 15.0 Å². The highest BCUT2D eigenvalue weighted by Crippen LogP contribution is 2.20. The largest absolute Gasteiger partial charge is 0.497 e. The number of hydrogen-bond donors (Lipinski definition) is 1. The molecule has 1 aromatic rings. The molecule has 1 atom stereocenters. The summed E-state index contributed by atoms with van der Waals surface area (Å²) in [6.45, 7) is 2.73. The second-order valence-electron chi connectivity index (χ2n) is 5.30. The summed E-state index contributed by atoms with van der Waals surface area (Å²) in [6.07, 6.45) is 1.60. The van der Waals surface area contributed by atoms with E-state index >= 15 is 0 Å². The van der Waals surface area contributed by atoms with E-state index in [1.54, 1.807) is 14.2 Å². The molecule has 0 saturated carbocycles. The van der Waals surface area contributed by atoms with Crippen LogP contribution in [0.5, 0.6) is 5.75 Å². The second-order valence-corrected chi connectivity index (χ2v) is 5.30. The minimum absolute atomic E-state index is 0.225. The van der Waals surface area contributed by atoms with Gasteiger partial charge in [-0.25, -0.2) is 0 Å². The Hall–Kier alpha value is -1.75. The summed E-state index contributed by atoms with van der Waals surface area (Å²) in [5.74, 6) is 0.623. The summed E-state index contributed by atoms with van der Waals surface area (Å²) in [6, 6.07) is 7.93. The number of ether oxygens (including phenoxy) is 2. The Morgan fingerprint density at radius 1 is 1.29 bits per heavy atom. The first-order valence-corrected chi connectivity index (χ1v) is 7.09. The van der Waals surface area contributed by atoms with Crippen molar-refractivity contribution < 1.29 is 14.3 Å². The fraction of sp³-hybridized carbons (Fsp3) is 0.562. The fourth-order valence-corrected chi connectivity index (χ4v) is 2.19. The van der Waals surface area contributed by atoms with E-state index in [1.807, 2.05) is 38.2 Å². The van der Waals surface area contributed by atoms with Gasteiger partial charge in [0.1, 0.15) is 11.3 Å². The van der Waals surface area contributed by atoms with Crippen molar-refractivity contribution in [2.45, 2.75) is 25.3 Å². The van der Waals surface area contributed by atoms with Crippen LogP contribution in [-0.4, -0.2) is 46.4 Å². The van der Waals surface area contributed by atoms with Crippen LogP contribution in [0.4, 0.5) is 5.69 Å². The zero-order valence-corrected chi connectivity index (χ0v) is 13.6. The minimum Gasteiger partial charge on any atom is -0.497 e. The number of nitrogens with one attached hydrogen (secondary N) is 1. The lowest BCUT2D eigenvalue weighted by molar-refractivity contribution is -0.148. The molecule has 0 spiro atoms. The first-order valence-electron chi connectivity index (χ1n) is 7.09. The quantitative estimate of drug-likeness (QED) is 0.744. The Labute approximate surface area is 127 Å². The lowest BCUT2D eigenvalue weighted by Gasteiger charge is -2.27. The first kappa shape index (κ1) is 17.3. The number of esters is 1. The van der Waals surface area contributed by atoms with Gasteiger partial charge in [0.15, 0.2) is 0 Å². The van der Waals surface area contributed by atoms with Crippen LogP contribution in [0.25, 0.3) is 0 Å². The maximum absolute atomic E-state index is 11.8. The van der Waals surface area contributed by atoms with Gasteiger partial charge in [0.25, 0.3) is 0 Å². The first-order chi connectivity index (χ1) is 9.96. The zero-order chi connectivity index (χ0) is 15.9. The molecule has 1 rings (SSSR count). The van der Waals surface area contributed by atoms with Crippen LogP contribution in [0.3, 0.4) is 0 Å². The molecule has 0 aromatic heterocycles. The number of hydrogen-bond acceptors (Lipinski definition) is 5. The summed E-state index contributed by atoms with van der Waals surface area (Å²) < 4.78 is 9.99. The van der Waals surface area contributed by atoms with Crippen molar-refractivity contribution in [3.63, 3.8) is 0 Å². The van der Waals surface area contributed by atoms with Crippen molar-refractivity contribution in [1.82, 2.24) is 5.32 Å². The molecule has 0 amide bonds. The van der Waals surface area contributed by atoms with Crippen LogP contribution in [0.2, 0.25) is 0 Å². The van der Waals surface area contributed by atoms with Gasteiger partial charge in [0.05, 0.1) is 14.2 Å². The summed E-state index contributed by atoms with van der Waals surface area (Å²) in [5.41, 5.74) is 0.496. The number of anilines is 1. The van der Waals surface area contributed by atoms with Crippen LogP contribution in [0.15, 0.2) is 24.3 Å². The lowest BCUT2D eigenvalue weighted by atomic mass is 9.96. The SMILES string of the molecule is CNC(C)(CCCN(C)c1ccc(OC)cc1)C(=O)OC. The summed E-state index contributed by atoms with van der Waals surface area (Å²) in [5, 5.41) is 3.05.